The quantitative estimate of drug-likeness (QED) is 0.109. The standard InChI is InChI=1S/C33H43BrN6O7/c1-4-6-14-25(42)35-19-21(3)46-32(45)26-27-30(43)39(16-10-7-11-17-41)29(33(27)18-22(34)28(26)47-33)31(44)38(15-5-2)20-40-24-13-9-8-12-23(24)36-37-40/h4-5,8-9,12-13,21-22,26-29,41H,1-2,6-7,10-11,14-20H2,3H3,(H,35,42)/t21-,22?,26+,27-,28+,29+,33-/m0/s1. The number of nitrogens with one attached hydrogen (secondary N) is 1. The van der Waals surface area contributed by atoms with Gasteiger partial charge in [-0.15, -0.1) is 18.3 Å². The Morgan fingerprint density at radius 2 is 2.04 bits per heavy atom. The van der Waals surface area contributed by atoms with Crippen molar-refractivity contribution in [3.63, 3.8) is 0 Å². The molecule has 13 nitrogen and oxygen atoms in total. The van der Waals surface area contributed by atoms with Crippen molar-refractivity contribution in [3.05, 3.63) is 49.6 Å². The lowest BCUT2D eigenvalue weighted by Gasteiger charge is -2.37. The second-order valence-corrected chi connectivity index (χ2v) is 13.6. The summed E-state index contributed by atoms with van der Waals surface area (Å²) in [4.78, 5) is 57.7. The van der Waals surface area contributed by atoms with Crippen LogP contribution in [0, 0.1) is 11.8 Å². The first kappa shape index (κ1) is 34.7. The predicted octanol–water partition coefficient (Wildman–Crippen LogP) is 2.33. The summed E-state index contributed by atoms with van der Waals surface area (Å²) >= 11 is 3.69. The second-order valence-electron chi connectivity index (χ2n) is 12.4. The molecule has 3 saturated heterocycles. The number of carbonyl (C=O) groups excluding carboxylic acids is 4. The van der Waals surface area contributed by atoms with E-state index in [1.807, 2.05) is 24.3 Å². The molecule has 0 aliphatic carbocycles. The fourth-order valence-corrected chi connectivity index (χ4v) is 8.06. The van der Waals surface area contributed by atoms with Crippen molar-refractivity contribution in [1.82, 2.24) is 30.1 Å². The Kier molecular flexibility index (Phi) is 11.1. The summed E-state index contributed by atoms with van der Waals surface area (Å²) in [6.45, 7) is 9.81. The van der Waals surface area contributed by atoms with E-state index in [9.17, 15) is 24.3 Å². The largest absolute Gasteiger partial charge is 0.460 e. The molecular weight excluding hydrogens is 672 g/mol. The first-order valence-corrected chi connectivity index (χ1v) is 17.1. The normalized spacial score (nSPS) is 26.7. The molecule has 7 atom stereocenters. The number of aliphatic hydroxyl groups is 1. The Balaban J connectivity index is 1.41. The van der Waals surface area contributed by atoms with Crippen molar-refractivity contribution in [3.8, 4) is 0 Å². The van der Waals surface area contributed by atoms with E-state index in [1.165, 1.54) is 0 Å². The van der Waals surface area contributed by atoms with Crippen LogP contribution in [0.3, 0.4) is 0 Å². The molecule has 47 heavy (non-hydrogen) atoms. The van der Waals surface area contributed by atoms with Crippen LogP contribution in [0.1, 0.15) is 45.4 Å². The van der Waals surface area contributed by atoms with Gasteiger partial charge in [-0.25, -0.2) is 4.68 Å². The van der Waals surface area contributed by atoms with Crippen molar-refractivity contribution < 1.29 is 33.8 Å². The molecule has 3 aliphatic rings. The average Bonchev–Trinajstić information content (AvgIpc) is 3.77. The van der Waals surface area contributed by atoms with Crippen molar-refractivity contribution in [2.75, 3.05) is 26.2 Å². The van der Waals surface area contributed by atoms with Crippen LogP contribution in [-0.2, 0) is 35.3 Å². The van der Waals surface area contributed by atoms with E-state index in [0.717, 1.165) is 5.52 Å². The van der Waals surface area contributed by atoms with Gasteiger partial charge in [0, 0.05) is 30.9 Å². The molecular formula is C33H43BrN6O7. The lowest BCUT2D eigenvalue weighted by atomic mass is 9.70. The van der Waals surface area contributed by atoms with Crippen LogP contribution in [0.25, 0.3) is 11.0 Å². The molecule has 2 bridgehead atoms. The minimum atomic E-state index is -1.26. The van der Waals surface area contributed by atoms with Gasteiger partial charge in [0.25, 0.3) is 0 Å². The lowest BCUT2D eigenvalue weighted by molar-refractivity contribution is -0.159. The van der Waals surface area contributed by atoms with Crippen LogP contribution >= 0.6 is 15.9 Å². The smallest absolute Gasteiger partial charge is 0.312 e. The summed E-state index contributed by atoms with van der Waals surface area (Å²) in [5, 5.41) is 20.6. The van der Waals surface area contributed by atoms with Crippen LogP contribution in [0.4, 0.5) is 0 Å². The Morgan fingerprint density at radius 1 is 1.26 bits per heavy atom. The summed E-state index contributed by atoms with van der Waals surface area (Å²) in [7, 11) is 0. The van der Waals surface area contributed by atoms with E-state index in [2.05, 4.69) is 44.7 Å². The maximum Gasteiger partial charge on any atom is 0.312 e. The van der Waals surface area contributed by atoms with Gasteiger partial charge in [0.05, 0.1) is 30.0 Å². The fourth-order valence-electron chi connectivity index (χ4n) is 7.12. The van der Waals surface area contributed by atoms with Crippen molar-refractivity contribution >= 4 is 50.7 Å². The number of para-hydroxylation sites is 1. The highest BCUT2D eigenvalue weighted by Crippen LogP contribution is 2.60. The number of aliphatic hydroxyl groups excluding tert-OH is 1. The molecule has 3 amide bonds. The topological polar surface area (TPSA) is 156 Å². The van der Waals surface area contributed by atoms with Crippen LogP contribution in [0.15, 0.2) is 49.6 Å². The summed E-state index contributed by atoms with van der Waals surface area (Å²) < 4.78 is 14.0. The van der Waals surface area contributed by atoms with Gasteiger partial charge in [-0.2, -0.15) is 0 Å². The third kappa shape index (κ3) is 6.86. The molecule has 5 rings (SSSR count). The number of hydrogen-bond donors (Lipinski definition) is 2. The Morgan fingerprint density at radius 3 is 2.79 bits per heavy atom. The van der Waals surface area contributed by atoms with Gasteiger partial charge < -0.3 is 29.7 Å². The molecule has 0 saturated carbocycles. The van der Waals surface area contributed by atoms with Crippen molar-refractivity contribution in [2.45, 2.75) is 80.8 Å². The highest BCUT2D eigenvalue weighted by atomic mass is 79.9. The Labute approximate surface area is 282 Å². The zero-order chi connectivity index (χ0) is 33.7. The van der Waals surface area contributed by atoms with Crippen LogP contribution in [-0.4, -0.2) is 109 Å². The summed E-state index contributed by atoms with van der Waals surface area (Å²) in [6.07, 6.45) is 4.91. The Hall–Kier alpha value is -3.62. The number of allylic oxidation sites excluding steroid dienone is 1. The number of ether oxygens (including phenoxy) is 2. The van der Waals surface area contributed by atoms with E-state index in [-0.39, 0.29) is 61.9 Å². The number of benzene rings is 1. The monoisotopic (exact) mass is 714 g/mol. The summed E-state index contributed by atoms with van der Waals surface area (Å²) in [6, 6.07) is 6.43. The molecule has 14 heteroatoms. The number of fused-ring (bicyclic) bond motifs is 2. The number of rotatable bonds is 17. The van der Waals surface area contributed by atoms with Crippen LogP contribution in [0.2, 0.25) is 0 Å². The zero-order valence-corrected chi connectivity index (χ0v) is 28.2. The van der Waals surface area contributed by atoms with Gasteiger partial charge in [-0.1, -0.05) is 45.4 Å². The molecule has 254 valence electrons. The zero-order valence-electron chi connectivity index (χ0n) is 26.6. The number of likely N-dealkylation sites (tertiary alicyclic amines) is 1. The molecule has 1 spiro atoms. The van der Waals surface area contributed by atoms with Gasteiger partial charge in [-0.3, -0.25) is 19.2 Å². The van der Waals surface area contributed by atoms with Crippen molar-refractivity contribution in [2.24, 2.45) is 11.8 Å². The summed E-state index contributed by atoms with van der Waals surface area (Å²) in [5.74, 6) is -3.31. The third-order valence-electron chi connectivity index (χ3n) is 9.22. The molecule has 3 aliphatic heterocycles. The second kappa shape index (κ2) is 15.1. The molecule has 2 N–H and O–H groups in total. The maximum absolute atomic E-state index is 14.7. The molecule has 4 heterocycles. The highest BCUT2D eigenvalue weighted by molar-refractivity contribution is 9.09. The number of halogens is 1. The van der Waals surface area contributed by atoms with Gasteiger partial charge in [0.15, 0.2) is 0 Å². The lowest BCUT2D eigenvalue weighted by Crippen LogP contribution is -2.57. The van der Waals surface area contributed by atoms with Gasteiger partial charge in [0.1, 0.15) is 29.9 Å². The summed E-state index contributed by atoms with van der Waals surface area (Å²) in [5.41, 5.74) is 0.173. The van der Waals surface area contributed by atoms with E-state index < -0.39 is 41.7 Å². The van der Waals surface area contributed by atoms with Crippen LogP contribution in [0.5, 0.6) is 0 Å². The number of aromatic nitrogens is 3. The molecule has 1 unspecified atom stereocenters. The van der Waals surface area contributed by atoms with Crippen molar-refractivity contribution in [1.29, 1.82) is 0 Å². The van der Waals surface area contributed by atoms with E-state index in [4.69, 9.17) is 9.47 Å². The number of nitrogens with zero attached hydrogens (tertiary/aromatic N) is 5. The predicted molar refractivity (Wildman–Crippen MR) is 176 cm³/mol. The number of esters is 1. The van der Waals surface area contributed by atoms with E-state index in [1.54, 1.807) is 33.6 Å². The number of carbonyl (C=O) groups is 4. The van der Waals surface area contributed by atoms with Gasteiger partial charge in [-0.05, 0) is 51.2 Å². The minimum absolute atomic E-state index is 0.0265. The highest BCUT2D eigenvalue weighted by Gasteiger charge is 2.77. The first-order chi connectivity index (χ1) is 22.7. The molecule has 0 radical (unpaired) electrons. The number of amides is 3. The fraction of sp³-hybridized carbons (Fsp3) is 0.576. The van der Waals surface area contributed by atoms with E-state index >= 15 is 0 Å². The maximum atomic E-state index is 14.7. The third-order valence-corrected chi connectivity index (χ3v) is 10.1. The molecule has 3 fully saturated rings. The van der Waals surface area contributed by atoms with Gasteiger partial charge >= 0.3 is 5.97 Å². The number of alkyl halides is 1. The van der Waals surface area contributed by atoms with Gasteiger partial charge in [0.2, 0.25) is 17.7 Å². The molecule has 1 aromatic carbocycles. The van der Waals surface area contributed by atoms with E-state index in [0.29, 0.717) is 37.6 Å². The average molecular weight is 716 g/mol. The van der Waals surface area contributed by atoms with Crippen LogP contribution < -0.4 is 5.32 Å². The minimum Gasteiger partial charge on any atom is -0.460 e. The number of unbranched alkanes of at least 4 members (excludes halogenated alkanes) is 2. The SMILES string of the molecule is C=CCCC(=O)NC[C@H](C)OC(=O)[C@H]1[C@@H]2O[C@@]3(CC2Br)[C@@H]1C(=O)N(CCCCCO)[C@@H]3C(=O)N(CC=C)Cn1nnc2ccccc21. The first-order valence-electron chi connectivity index (χ1n) is 16.2. The molecule has 2 aromatic rings. The number of hydrogen-bond acceptors (Lipinski definition) is 9. The molecule has 1 aromatic heterocycles. The Bertz CT molecular complexity index is 1500.